The number of aliphatic hydroxyl groups is 1. The van der Waals surface area contributed by atoms with Crippen LogP contribution in [0.15, 0.2) is 18.2 Å². The van der Waals surface area contributed by atoms with E-state index in [0.717, 1.165) is 24.9 Å². The van der Waals surface area contributed by atoms with Gasteiger partial charge in [0.15, 0.2) is 0 Å². The van der Waals surface area contributed by atoms with Gasteiger partial charge in [0.2, 0.25) is 0 Å². The first-order valence-electron chi connectivity index (χ1n) is 6.56. The van der Waals surface area contributed by atoms with Crippen LogP contribution in [0.3, 0.4) is 0 Å². The van der Waals surface area contributed by atoms with Gasteiger partial charge in [-0.3, -0.25) is 0 Å². The van der Waals surface area contributed by atoms with Gasteiger partial charge >= 0.3 is 0 Å². The van der Waals surface area contributed by atoms with Crippen LogP contribution in [0.5, 0.6) is 0 Å². The predicted molar refractivity (Wildman–Crippen MR) is 80.0 cm³/mol. The zero-order chi connectivity index (χ0) is 14.1. The molecule has 2 N–H and O–H groups in total. The maximum Gasteiger partial charge on any atom is 0.0697 e. The van der Waals surface area contributed by atoms with Crippen LogP contribution in [-0.2, 0) is 4.74 Å². The monoisotopic (exact) mass is 305 g/mol. The van der Waals surface area contributed by atoms with Crippen molar-refractivity contribution in [3.05, 3.63) is 33.8 Å². The lowest BCUT2D eigenvalue weighted by Gasteiger charge is -2.18. The smallest absolute Gasteiger partial charge is 0.0697 e. The minimum Gasteiger partial charge on any atom is -0.394 e. The fourth-order valence-electron chi connectivity index (χ4n) is 1.84. The number of aliphatic hydroxyl groups excluding tert-OH is 1. The van der Waals surface area contributed by atoms with Gasteiger partial charge in [-0.2, -0.15) is 0 Å². The second kappa shape index (κ2) is 9.56. The van der Waals surface area contributed by atoms with Gasteiger partial charge in [0.1, 0.15) is 0 Å². The van der Waals surface area contributed by atoms with Crippen molar-refractivity contribution in [3.63, 3.8) is 0 Å². The zero-order valence-corrected chi connectivity index (χ0v) is 12.7. The molecule has 3 nitrogen and oxygen atoms in total. The van der Waals surface area contributed by atoms with E-state index < -0.39 is 0 Å². The molecule has 19 heavy (non-hydrogen) atoms. The average molecular weight is 306 g/mol. The Labute approximate surface area is 124 Å². The van der Waals surface area contributed by atoms with Crippen molar-refractivity contribution in [1.82, 2.24) is 5.32 Å². The molecule has 0 bridgehead atoms. The zero-order valence-electron chi connectivity index (χ0n) is 11.2. The standard InChI is InChI=1S/C14H21Cl2NO2/c1-2-14(17-6-3-8-19-9-7-18)11-4-5-12(15)13(16)10-11/h4-5,10,14,17-18H,2-3,6-9H2,1H3. The second-order valence-electron chi connectivity index (χ2n) is 4.28. The third-order valence-corrected chi connectivity index (χ3v) is 3.59. The summed E-state index contributed by atoms with van der Waals surface area (Å²) >= 11 is 11.9. The summed E-state index contributed by atoms with van der Waals surface area (Å²) in [6, 6.07) is 6.01. The molecule has 0 saturated heterocycles. The van der Waals surface area contributed by atoms with Gasteiger partial charge in [-0.15, -0.1) is 0 Å². The van der Waals surface area contributed by atoms with Gasteiger partial charge in [0, 0.05) is 12.6 Å². The van der Waals surface area contributed by atoms with Crippen LogP contribution in [0.1, 0.15) is 31.4 Å². The van der Waals surface area contributed by atoms with E-state index in [9.17, 15) is 0 Å². The number of halogens is 2. The molecule has 0 amide bonds. The van der Waals surface area contributed by atoms with Crippen LogP contribution in [0.2, 0.25) is 10.0 Å². The second-order valence-corrected chi connectivity index (χ2v) is 5.09. The van der Waals surface area contributed by atoms with Gasteiger partial charge < -0.3 is 15.2 Å². The average Bonchev–Trinajstić information content (AvgIpc) is 2.41. The topological polar surface area (TPSA) is 41.5 Å². The lowest BCUT2D eigenvalue weighted by Crippen LogP contribution is -2.23. The highest BCUT2D eigenvalue weighted by Gasteiger charge is 2.09. The van der Waals surface area contributed by atoms with E-state index in [1.54, 1.807) is 0 Å². The largest absolute Gasteiger partial charge is 0.394 e. The molecule has 0 saturated carbocycles. The molecule has 1 rings (SSSR count). The number of benzene rings is 1. The summed E-state index contributed by atoms with van der Waals surface area (Å²) in [6.07, 6.45) is 1.90. The summed E-state index contributed by atoms with van der Waals surface area (Å²) in [6.45, 7) is 4.14. The Hall–Kier alpha value is -0.320. The first kappa shape index (κ1) is 16.7. The summed E-state index contributed by atoms with van der Waals surface area (Å²) < 4.78 is 5.21. The molecule has 1 unspecified atom stereocenters. The molecule has 108 valence electrons. The first-order valence-corrected chi connectivity index (χ1v) is 7.31. The van der Waals surface area contributed by atoms with Crippen molar-refractivity contribution >= 4 is 23.2 Å². The van der Waals surface area contributed by atoms with Gasteiger partial charge in [-0.05, 0) is 37.1 Å². The van der Waals surface area contributed by atoms with Crippen LogP contribution < -0.4 is 5.32 Å². The lowest BCUT2D eigenvalue weighted by atomic mass is 10.0. The third-order valence-electron chi connectivity index (χ3n) is 2.85. The summed E-state index contributed by atoms with van der Waals surface area (Å²) in [5, 5.41) is 13.2. The number of hydrogen-bond acceptors (Lipinski definition) is 3. The van der Waals surface area contributed by atoms with Crippen molar-refractivity contribution in [2.45, 2.75) is 25.8 Å². The van der Waals surface area contributed by atoms with Gasteiger partial charge in [0.05, 0.1) is 23.3 Å². The molecular weight excluding hydrogens is 285 g/mol. The van der Waals surface area contributed by atoms with Crippen LogP contribution in [0.25, 0.3) is 0 Å². The molecular formula is C14H21Cl2NO2. The molecule has 1 aromatic rings. The SMILES string of the molecule is CCC(NCCCOCCO)c1ccc(Cl)c(Cl)c1. The van der Waals surface area contributed by atoms with Crippen molar-refractivity contribution < 1.29 is 9.84 Å². The number of ether oxygens (including phenoxy) is 1. The summed E-state index contributed by atoms with van der Waals surface area (Å²) in [7, 11) is 0. The Bertz CT molecular complexity index is 374. The van der Waals surface area contributed by atoms with E-state index in [1.807, 2.05) is 18.2 Å². The van der Waals surface area contributed by atoms with Crippen molar-refractivity contribution in [2.75, 3.05) is 26.4 Å². The molecule has 1 atom stereocenters. The van der Waals surface area contributed by atoms with Gasteiger partial charge in [0.25, 0.3) is 0 Å². The molecule has 0 aliphatic rings. The van der Waals surface area contributed by atoms with Crippen LogP contribution >= 0.6 is 23.2 Å². The van der Waals surface area contributed by atoms with Crippen LogP contribution in [-0.4, -0.2) is 31.5 Å². The Kier molecular flexibility index (Phi) is 8.42. The van der Waals surface area contributed by atoms with Crippen LogP contribution in [0.4, 0.5) is 0 Å². The minimum atomic E-state index is 0.0777. The summed E-state index contributed by atoms with van der Waals surface area (Å²) in [5.41, 5.74) is 1.15. The van der Waals surface area contributed by atoms with Gasteiger partial charge in [-0.25, -0.2) is 0 Å². The van der Waals surface area contributed by atoms with Crippen molar-refractivity contribution in [3.8, 4) is 0 Å². The highest BCUT2D eigenvalue weighted by molar-refractivity contribution is 6.42. The molecule has 0 aliphatic carbocycles. The predicted octanol–water partition coefficient (Wildman–Crippen LogP) is 3.43. The molecule has 0 spiro atoms. The normalized spacial score (nSPS) is 12.6. The van der Waals surface area contributed by atoms with E-state index in [2.05, 4.69) is 12.2 Å². The van der Waals surface area contributed by atoms with E-state index in [-0.39, 0.29) is 12.6 Å². The molecule has 5 heteroatoms. The number of hydrogen-bond donors (Lipinski definition) is 2. The quantitative estimate of drug-likeness (QED) is 0.687. The minimum absolute atomic E-state index is 0.0777. The summed E-state index contributed by atoms with van der Waals surface area (Å²) in [4.78, 5) is 0. The lowest BCUT2D eigenvalue weighted by molar-refractivity contribution is 0.0903. The molecule has 0 fully saturated rings. The third kappa shape index (κ3) is 6.11. The van der Waals surface area contributed by atoms with Crippen molar-refractivity contribution in [1.29, 1.82) is 0 Å². The van der Waals surface area contributed by atoms with Gasteiger partial charge in [-0.1, -0.05) is 36.2 Å². The molecule has 0 aliphatic heterocycles. The molecule has 0 aromatic heterocycles. The Morgan fingerprint density at radius 1 is 1.26 bits per heavy atom. The van der Waals surface area contributed by atoms with E-state index in [1.165, 1.54) is 0 Å². The van der Waals surface area contributed by atoms with Crippen LogP contribution in [0, 0.1) is 0 Å². The molecule has 0 radical (unpaired) electrons. The number of rotatable bonds is 9. The maximum absolute atomic E-state index is 8.58. The van der Waals surface area contributed by atoms with E-state index >= 15 is 0 Å². The fraction of sp³-hybridized carbons (Fsp3) is 0.571. The molecule has 1 aromatic carbocycles. The van der Waals surface area contributed by atoms with E-state index in [0.29, 0.717) is 23.3 Å². The highest BCUT2D eigenvalue weighted by atomic mass is 35.5. The Morgan fingerprint density at radius 3 is 2.68 bits per heavy atom. The number of nitrogens with one attached hydrogen (secondary N) is 1. The Balaban J connectivity index is 2.38. The summed E-state index contributed by atoms with van der Waals surface area (Å²) in [5.74, 6) is 0. The van der Waals surface area contributed by atoms with Crippen molar-refractivity contribution in [2.24, 2.45) is 0 Å². The van der Waals surface area contributed by atoms with E-state index in [4.69, 9.17) is 33.0 Å². The highest BCUT2D eigenvalue weighted by Crippen LogP contribution is 2.26. The fourth-order valence-corrected chi connectivity index (χ4v) is 2.15. The maximum atomic E-state index is 8.58. The Morgan fingerprint density at radius 2 is 2.05 bits per heavy atom. The first-order chi connectivity index (χ1) is 9.19. The molecule has 0 heterocycles.